The van der Waals surface area contributed by atoms with Crippen molar-refractivity contribution >= 4 is 46.4 Å². The molecule has 10 nitrogen and oxygen atoms in total. The Morgan fingerprint density at radius 2 is 1.86 bits per heavy atom. The summed E-state index contributed by atoms with van der Waals surface area (Å²) < 4.78 is 46.4. The third kappa shape index (κ3) is 5.19. The van der Waals surface area contributed by atoms with Crippen LogP contribution in [0.5, 0.6) is 5.75 Å². The summed E-state index contributed by atoms with van der Waals surface area (Å²) in [7, 11) is 2.78. The number of hydrogen-bond donors (Lipinski definition) is 3. The number of para-hydroxylation sites is 1. The first kappa shape index (κ1) is 24.4. The molecular formula is C23H19F3N6O4. The molecule has 0 spiro atoms. The van der Waals surface area contributed by atoms with E-state index in [9.17, 15) is 27.6 Å². The molecule has 0 aliphatic carbocycles. The minimum atomic E-state index is -4.81. The number of amides is 2. The number of likely N-dealkylation sites (N-methyl/N-ethyl adjacent to an activating group) is 1. The molecule has 13 heteroatoms. The van der Waals surface area contributed by atoms with Crippen molar-refractivity contribution in [2.45, 2.75) is 6.18 Å². The average molecular weight is 500 g/mol. The zero-order chi connectivity index (χ0) is 26.0. The predicted molar refractivity (Wildman–Crippen MR) is 124 cm³/mol. The minimum absolute atomic E-state index is 0.0363. The van der Waals surface area contributed by atoms with Gasteiger partial charge in [-0.2, -0.15) is 18.2 Å². The van der Waals surface area contributed by atoms with E-state index in [4.69, 9.17) is 4.74 Å². The molecule has 1 aliphatic heterocycles. The van der Waals surface area contributed by atoms with Crippen molar-refractivity contribution in [2.24, 2.45) is 0 Å². The van der Waals surface area contributed by atoms with Gasteiger partial charge >= 0.3 is 6.18 Å². The summed E-state index contributed by atoms with van der Waals surface area (Å²) in [6.07, 6.45) is -4.21. The number of rotatable bonds is 6. The van der Waals surface area contributed by atoms with Crippen LogP contribution < -0.4 is 20.7 Å². The van der Waals surface area contributed by atoms with Crippen LogP contribution in [0.25, 0.3) is 0 Å². The Morgan fingerprint density at radius 1 is 1.11 bits per heavy atom. The van der Waals surface area contributed by atoms with E-state index in [0.717, 1.165) is 4.90 Å². The SMILES string of the molecule is CN(C)C(=O)C(=O)c1ccccc1Nc1nc(Nc2ccc3c(c2)OCC(=O)N3)ncc1C(F)(F)F. The van der Waals surface area contributed by atoms with Crippen LogP contribution >= 0.6 is 0 Å². The number of alkyl halides is 3. The number of halogens is 3. The van der Waals surface area contributed by atoms with E-state index in [-0.39, 0.29) is 29.7 Å². The van der Waals surface area contributed by atoms with Gasteiger partial charge in [-0.1, -0.05) is 12.1 Å². The maximum atomic E-state index is 13.7. The van der Waals surface area contributed by atoms with Crippen molar-refractivity contribution in [1.29, 1.82) is 0 Å². The van der Waals surface area contributed by atoms with Gasteiger partial charge in [-0.05, 0) is 24.3 Å². The zero-order valence-corrected chi connectivity index (χ0v) is 18.9. The number of ketones is 1. The van der Waals surface area contributed by atoms with Gasteiger partial charge < -0.3 is 25.6 Å². The van der Waals surface area contributed by atoms with Crippen LogP contribution in [0, 0.1) is 0 Å². The number of anilines is 5. The van der Waals surface area contributed by atoms with Gasteiger partial charge in [0.25, 0.3) is 17.6 Å². The Labute approximate surface area is 202 Å². The number of hydrogen-bond acceptors (Lipinski definition) is 8. The lowest BCUT2D eigenvalue weighted by Gasteiger charge is -2.19. The van der Waals surface area contributed by atoms with Gasteiger partial charge in [0, 0.05) is 32.0 Å². The normalized spacial score (nSPS) is 12.6. The fourth-order valence-electron chi connectivity index (χ4n) is 3.26. The van der Waals surface area contributed by atoms with E-state index in [2.05, 4.69) is 25.9 Å². The van der Waals surface area contributed by atoms with Gasteiger partial charge in [0.15, 0.2) is 6.61 Å². The minimum Gasteiger partial charge on any atom is -0.482 e. The van der Waals surface area contributed by atoms with Gasteiger partial charge in [-0.15, -0.1) is 0 Å². The van der Waals surface area contributed by atoms with Crippen LogP contribution in [-0.2, 0) is 15.8 Å². The number of aromatic nitrogens is 2. The van der Waals surface area contributed by atoms with Crippen molar-refractivity contribution in [3.63, 3.8) is 0 Å². The Kier molecular flexibility index (Phi) is 6.47. The number of Topliss-reactive ketones (excluding diaryl/α,β-unsaturated/α-hetero) is 1. The van der Waals surface area contributed by atoms with Gasteiger partial charge in [0.05, 0.1) is 16.9 Å². The highest BCUT2D eigenvalue weighted by Gasteiger charge is 2.36. The highest BCUT2D eigenvalue weighted by atomic mass is 19.4. The molecule has 186 valence electrons. The topological polar surface area (TPSA) is 126 Å². The van der Waals surface area contributed by atoms with Crippen LogP contribution in [0.4, 0.5) is 42.0 Å². The molecule has 0 radical (unpaired) electrons. The zero-order valence-electron chi connectivity index (χ0n) is 18.9. The Morgan fingerprint density at radius 3 is 2.58 bits per heavy atom. The molecule has 2 heterocycles. The van der Waals surface area contributed by atoms with Crippen molar-refractivity contribution in [2.75, 3.05) is 36.7 Å². The molecule has 4 rings (SSSR count). The van der Waals surface area contributed by atoms with Gasteiger partial charge in [0.1, 0.15) is 17.1 Å². The molecule has 1 aliphatic rings. The summed E-state index contributed by atoms with van der Waals surface area (Å²) in [6, 6.07) is 10.3. The molecule has 0 fully saturated rings. The first-order valence-electron chi connectivity index (χ1n) is 10.4. The number of benzene rings is 2. The van der Waals surface area contributed by atoms with Crippen LogP contribution in [0.15, 0.2) is 48.7 Å². The van der Waals surface area contributed by atoms with Crippen LogP contribution in [0.3, 0.4) is 0 Å². The standard InChI is InChI=1S/C23H19F3N6O4/c1-32(2)21(35)19(34)13-5-3-4-6-15(13)30-20-14(23(24,25)26)10-27-22(31-20)28-12-7-8-16-17(9-12)36-11-18(33)29-16/h3-10H,11H2,1-2H3,(H,29,33)(H2,27,28,30,31). The van der Waals surface area contributed by atoms with Crippen LogP contribution in [0.1, 0.15) is 15.9 Å². The molecule has 3 N–H and O–H groups in total. The van der Waals surface area contributed by atoms with E-state index in [1.54, 1.807) is 12.1 Å². The van der Waals surface area contributed by atoms with Crippen molar-refractivity contribution in [3.05, 3.63) is 59.8 Å². The summed E-state index contributed by atoms with van der Waals surface area (Å²) in [4.78, 5) is 45.0. The molecule has 0 saturated heterocycles. The second kappa shape index (κ2) is 9.52. The van der Waals surface area contributed by atoms with E-state index >= 15 is 0 Å². The maximum absolute atomic E-state index is 13.7. The van der Waals surface area contributed by atoms with Crippen molar-refractivity contribution in [3.8, 4) is 5.75 Å². The quantitative estimate of drug-likeness (QED) is 0.347. The lowest BCUT2D eigenvalue weighted by atomic mass is 10.1. The number of ether oxygens (including phenoxy) is 1. The average Bonchev–Trinajstić information content (AvgIpc) is 2.83. The molecule has 0 saturated carbocycles. The van der Waals surface area contributed by atoms with Crippen LogP contribution in [-0.4, -0.2) is 53.2 Å². The summed E-state index contributed by atoms with van der Waals surface area (Å²) in [5, 5.41) is 7.95. The third-order valence-electron chi connectivity index (χ3n) is 4.99. The van der Waals surface area contributed by atoms with E-state index < -0.39 is 29.2 Å². The second-order valence-electron chi connectivity index (χ2n) is 7.83. The first-order valence-corrected chi connectivity index (χ1v) is 10.4. The predicted octanol–water partition coefficient (Wildman–Crippen LogP) is 3.58. The lowest BCUT2D eigenvalue weighted by Crippen LogP contribution is -2.30. The van der Waals surface area contributed by atoms with Crippen LogP contribution in [0.2, 0.25) is 0 Å². The van der Waals surface area contributed by atoms with Gasteiger partial charge in [0.2, 0.25) is 5.95 Å². The summed E-state index contributed by atoms with van der Waals surface area (Å²) in [6.45, 7) is -0.171. The number of nitrogens with zero attached hydrogens (tertiary/aromatic N) is 3. The fourth-order valence-corrected chi connectivity index (χ4v) is 3.26. The second-order valence-corrected chi connectivity index (χ2v) is 7.83. The summed E-state index contributed by atoms with van der Waals surface area (Å²) in [5.74, 6) is -2.49. The summed E-state index contributed by atoms with van der Waals surface area (Å²) >= 11 is 0. The van der Waals surface area contributed by atoms with Crippen molar-refractivity contribution < 1.29 is 32.3 Å². The monoisotopic (exact) mass is 500 g/mol. The first-order chi connectivity index (χ1) is 17.0. The Bertz CT molecular complexity index is 1360. The lowest BCUT2D eigenvalue weighted by molar-refractivity contribution is -0.137. The molecular weight excluding hydrogens is 481 g/mol. The molecule has 2 amide bonds. The molecule has 1 aromatic heterocycles. The van der Waals surface area contributed by atoms with E-state index in [1.165, 1.54) is 44.4 Å². The highest BCUT2D eigenvalue weighted by molar-refractivity contribution is 6.43. The molecule has 3 aromatic rings. The molecule has 0 bridgehead atoms. The summed E-state index contributed by atoms with van der Waals surface area (Å²) in [5.41, 5.74) is -0.494. The highest BCUT2D eigenvalue weighted by Crippen LogP contribution is 2.36. The third-order valence-corrected chi connectivity index (χ3v) is 4.99. The van der Waals surface area contributed by atoms with Gasteiger partial charge in [-0.25, -0.2) is 4.98 Å². The Hall–Kier alpha value is -4.68. The smallest absolute Gasteiger partial charge is 0.421 e. The molecule has 0 atom stereocenters. The van der Waals surface area contributed by atoms with Gasteiger partial charge in [-0.3, -0.25) is 14.4 Å². The maximum Gasteiger partial charge on any atom is 0.421 e. The number of carbonyl (C=O) groups excluding carboxylic acids is 3. The number of carbonyl (C=O) groups is 3. The molecule has 0 unspecified atom stereocenters. The number of fused-ring (bicyclic) bond motifs is 1. The number of nitrogens with one attached hydrogen (secondary N) is 3. The van der Waals surface area contributed by atoms with Crippen molar-refractivity contribution in [1.82, 2.24) is 14.9 Å². The molecule has 2 aromatic carbocycles. The largest absolute Gasteiger partial charge is 0.482 e. The molecule has 36 heavy (non-hydrogen) atoms. The Balaban J connectivity index is 1.67. The van der Waals surface area contributed by atoms with E-state index in [0.29, 0.717) is 23.3 Å². The van der Waals surface area contributed by atoms with E-state index in [1.807, 2.05) is 0 Å². The fraction of sp³-hybridized carbons (Fsp3) is 0.174.